The first-order valence-corrected chi connectivity index (χ1v) is 6.59. The Morgan fingerprint density at radius 2 is 1.71 bits per heavy atom. The molecule has 0 radical (unpaired) electrons. The molecule has 0 saturated heterocycles. The fourth-order valence-electron chi connectivity index (χ4n) is 2.24. The summed E-state index contributed by atoms with van der Waals surface area (Å²) in [7, 11) is 1.36. The molecular weight excluding hydrogens is 279 g/mol. The van der Waals surface area contributed by atoms with Crippen molar-refractivity contribution in [2.24, 2.45) is 0 Å². The lowest BCUT2D eigenvalue weighted by Crippen LogP contribution is -2.24. The van der Waals surface area contributed by atoms with Gasteiger partial charge in [-0.2, -0.15) is 0 Å². The lowest BCUT2D eigenvalue weighted by molar-refractivity contribution is 0.385. The van der Waals surface area contributed by atoms with Gasteiger partial charge in [-0.25, -0.2) is 13.2 Å². The Morgan fingerprint density at radius 3 is 2.24 bits per heavy atom. The minimum atomic E-state index is -0.767. The molecule has 0 aromatic heterocycles. The molecular formula is C16H16F3NO. The van der Waals surface area contributed by atoms with Crippen molar-refractivity contribution in [1.82, 2.24) is 5.32 Å². The average Bonchev–Trinajstić information content (AvgIpc) is 2.46. The standard InChI is InChI=1S/C16H16F3NO/c1-3-20-16(15-11(17)5-4-6-12(15)18)10-7-8-14(21-2)13(19)9-10/h4-9,16,20H,3H2,1-2H3. The van der Waals surface area contributed by atoms with Crippen LogP contribution in [0.25, 0.3) is 0 Å². The topological polar surface area (TPSA) is 21.3 Å². The van der Waals surface area contributed by atoms with Crippen molar-refractivity contribution in [3.63, 3.8) is 0 Å². The minimum Gasteiger partial charge on any atom is -0.494 e. The average molecular weight is 295 g/mol. The third-order valence-corrected chi connectivity index (χ3v) is 3.21. The zero-order valence-corrected chi connectivity index (χ0v) is 11.8. The van der Waals surface area contributed by atoms with E-state index in [1.54, 1.807) is 6.07 Å². The molecule has 0 aliphatic heterocycles. The molecule has 0 amide bonds. The summed E-state index contributed by atoms with van der Waals surface area (Å²) in [6.45, 7) is 2.29. The highest BCUT2D eigenvalue weighted by molar-refractivity contribution is 5.37. The Morgan fingerprint density at radius 1 is 1.05 bits per heavy atom. The molecule has 0 bridgehead atoms. The Kier molecular flexibility index (Phi) is 4.85. The van der Waals surface area contributed by atoms with Crippen molar-refractivity contribution in [2.45, 2.75) is 13.0 Å². The largest absolute Gasteiger partial charge is 0.494 e. The van der Waals surface area contributed by atoms with Gasteiger partial charge in [-0.15, -0.1) is 0 Å². The second-order valence-electron chi connectivity index (χ2n) is 4.52. The monoisotopic (exact) mass is 295 g/mol. The zero-order chi connectivity index (χ0) is 15.4. The van der Waals surface area contributed by atoms with Crippen molar-refractivity contribution < 1.29 is 17.9 Å². The summed E-state index contributed by atoms with van der Waals surface area (Å²) < 4.78 is 46.6. The van der Waals surface area contributed by atoms with Crippen molar-refractivity contribution in [1.29, 1.82) is 0 Å². The van der Waals surface area contributed by atoms with E-state index in [1.807, 2.05) is 6.92 Å². The molecule has 0 aliphatic carbocycles. The maximum atomic E-state index is 14.0. The molecule has 0 heterocycles. The number of ether oxygens (including phenoxy) is 1. The van der Waals surface area contributed by atoms with Crippen LogP contribution < -0.4 is 10.1 Å². The Balaban J connectivity index is 2.51. The molecule has 2 aromatic rings. The molecule has 2 rings (SSSR count). The van der Waals surface area contributed by atoms with Gasteiger partial charge < -0.3 is 10.1 Å². The highest BCUT2D eigenvalue weighted by atomic mass is 19.1. The van der Waals surface area contributed by atoms with Crippen molar-refractivity contribution in [2.75, 3.05) is 13.7 Å². The number of nitrogens with one attached hydrogen (secondary N) is 1. The molecule has 2 aromatic carbocycles. The van der Waals surface area contributed by atoms with Gasteiger partial charge >= 0.3 is 0 Å². The van der Waals surface area contributed by atoms with Gasteiger partial charge in [-0.1, -0.05) is 19.1 Å². The summed E-state index contributed by atoms with van der Waals surface area (Å²) in [5, 5.41) is 2.97. The van der Waals surface area contributed by atoms with Crippen LogP contribution in [-0.4, -0.2) is 13.7 Å². The molecule has 1 N–H and O–H groups in total. The summed E-state index contributed by atoms with van der Waals surface area (Å²) in [6.07, 6.45) is 0. The van der Waals surface area contributed by atoms with Crippen molar-refractivity contribution >= 4 is 0 Å². The van der Waals surface area contributed by atoms with E-state index >= 15 is 0 Å². The van der Waals surface area contributed by atoms with Crippen molar-refractivity contribution in [3.8, 4) is 5.75 Å². The summed E-state index contributed by atoms with van der Waals surface area (Å²) in [4.78, 5) is 0. The van der Waals surface area contributed by atoms with Crippen LogP contribution >= 0.6 is 0 Å². The number of halogens is 3. The van der Waals surface area contributed by atoms with Crippen LogP contribution in [0.1, 0.15) is 24.1 Å². The summed E-state index contributed by atoms with van der Waals surface area (Å²) in [5.41, 5.74) is 0.308. The van der Waals surface area contributed by atoms with Gasteiger partial charge in [-0.05, 0) is 36.4 Å². The number of benzene rings is 2. The third kappa shape index (κ3) is 3.19. The lowest BCUT2D eigenvalue weighted by Gasteiger charge is -2.20. The Bertz CT molecular complexity index is 611. The minimum absolute atomic E-state index is 0.0861. The van der Waals surface area contributed by atoms with Crippen LogP contribution in [0.4, 0.5) is 13.2 Å². The van der Waals surface area contributed by atoms with E-state index in [1.165, 1.54) is 37.4 Å². The van der Waals surface area contributed by atoms with Gasteiger partial charge in [0.15, 0.2) is 11.6 Å². The van der Waals surface area contributed by atoms with E-state index in [2.05, 4.69) is 5.32 Å². The van der Waals surface area contributed by atoms with Crippen LogP contribution in [0.3, 0.4) is 0 Å². The van der Waals surface area contributed by atoms with E-state index in [0.717, 1.165) is 0 Å². The molecule has 0 fully saturated rings. The third-order valence-electron chi connectivity index (χ3n) is 3.21. The molecule has 21 heavy (non-hydrogen) atoms. The molecule has 112 valence electrons. The smallest absolute Gasteiger partial charge is 0.165 e. The maximum absolute atomic E-state index is 14.0. The molecule has 0 saturated carbocycles. The van der Waals surface area contributed by atoms with E-state index < -0.39 is 23.5 Å². The fourth-order valence-corrected chi connectivity index (χ4v) is 2.24. The van der Waals surface area contributed by atoms with Crippen molar-refractivity contribution in [3.05, 3.63) is 65.0 Å². The SMILES string of the molecule is CCNC(c1ccc(OC)c(F)c1)c1c(F)cccc1F. The second kappa shape index (κ2) is 6.63. The normalized spacial score (nSPS) is 12.2. The van der Waals surface area contributed by atoms with Gasteiger partial charge in [0, 0.05) is 5.56 Å². The summed E-state index contributed by atoms with van der Waals surface area (Å²) in [5.74, 6) is -1.83. The van der Waals surface area contributed by atoms with Crippen LogP contribution in [0.2, 0.25) is 0 Å². The maximum Gasteiger partial charge on any atom is 0.165 e. The molecule has 0 spiro atoms. The molecule has 0 aliphatic rings. The first kappa shape index (κ1) is 15.4. The first-order valence-electron chi connectivity index (χ1n) is 6.59. The van der Waals surface area contributed by atoms with Gasteiger partial charge in [0.25, 0.3) is 0 Å². The Hall–Kier alpha value is -2.01. The van der Waals surface area contributed by atoms with E-state index in [0.29, 0.717) is 12.1 Å². The van der Waals surface area contributed by atoms with Gasteiger partial charge in [0.2, 0.25) is 0 Å². The fraction of sp³-hybridized carbons (Fsp3) is 0.250. The van der Waals surface area contributed by atoms with Crippen LogP contribution in [0.5, 0.6) is 5.75 Å². The number of hydrogen-bond acceptors (Lipinski definition) is 2. The highest BCUT2D eigenvalue weighted by Crippen LogP contribution is 2.29. The van der Waals surface area contributed by atoms with Crippen LogP contribution in [0.15, 0.2) is 36.4 Å². The van der Waals surface area contributed by atoms with E-state index in [-0.39, 0.29) is 11.3 Å². The molecule has 1 unspecified atom stereocenters. The number of rotatable bonds is 5. The van der Waals surface area contributed by atoms with Gasteiger partial charge in [0.1, 0.15) is 11.6 Å². The first-order chi connectivity index (χ1) is 10.1. The predicted molar refractivity (Wildman–Crippen MR) is 74.8 cm³/mol. The Labute approximate surface area is 121 Å². The molecule has 1 atom stereocenters. The molecule has 2 nitrogen and oxygen atoms in total. The predicted octanol–water partition coefficient (Wildman–Crippen LogP) is 3.81. The molecule has 5 heteroatoms. The second-order valence-corrected chi connectivity index (χ2v) is 4.52. The zero-order valence-electron chi connectivity index (χ0n) is 11.8. The summed E-state index contributed by atoms with van der Waals surface area (Å²) >= 11 is 0. The quantitative estimate of drug-likeness (QED) is 0.905. The van der Waals surface area contributed by atoms with Crippen LogP contribution in [-0.2, 0) is 0 Å². The van der Waals surface area contributed by atoms with Crippen LogP contribution in [0, 0.1) is 17.5 Å². The highest BCUT2D eigenvalue weighted by Gasteiger charge is 2.22. The number of methoxy groups -OCH3 is 1. The van der Waals surface area contributed by atoms with E-state index in [9.17, 15) is 13.2 Å². The van der Waals surface area contributed by atoms with Gasteiger partial charge in [-0.3, -0.25) is 0 Å². The summed E-state index contributed by atoms with van der Waals surface area (Å²) in [6, 6.07) is 7.14. The van der Waals surface area contributed by atoms with Gasteiger partial charge in [0.05, 0.1) is 13.2 Å². The number of hydrogen-bond donors (Lipinski definition) is 1. The lowest BCUT2D eigenvalue weighted by atomic mass is 9.97. The van der Waals surface area contributed by atoms with E-state index in [4.69, 9.17) is 4.74 Å².